The molecule has 1 heterocycles. The van der Waals surface area contributed by atoms with Crippen molar-refractivity contribution in [2.45, 2.75) is 0 Å². The molecule has 0 spiro atoms. The summed E-state index contributed by atoms with van der Waals surface area (Å²) in [6.07, 6.45) is 0. The highest BCUT2D eigenvalue weighted by Crippen LogP contribution is 2.39. The van der Waals surface area contributed by atoms with Crippen LogP contribution in [0.2, 0.25) is 0 Å². The Morgan fingerprint density at radius 1 is 0.760 bits per heavy atom. The number of nitroso groups, excluding NO2 is 1. The minimum absolute atomic E-state index is 0.371. The van der Waals surface area contributed by atoms with Crippen LogP contribution in [0, 0.1) is 4.91 Å². The van der Waals surface area contributed by atoms with E-state index in [1.807, 2.05) is 4.90 Å². The molecule has 0 amide bonds. The number of hydrogen-bond donors (Lipinski definition) is 2. The zero-order chi connectivity index (χ0) is 17.9. The van der Waals surface area contributed by atoms with Gasteiger partial charge in [-0.2, -0.15) is 0 Å². The lowest BCUT2D eigenvalue weighted by Crippen LogP contribution is -2.31. The van der Waals surface area contributed by atoms with Crippen molar-refractivity contribution in [3.63, 3.8) is 0 Å². The maximum absolute atomic E-state index is 10.6. The zero-order valence-electron chi connectivity index (χ0n) is 14.1. The fourth-order valence-corrected chi connectivity index (χ4v) is 2.35. The summed E-state index contributed by atoms with van der Waals surface area (Å²) in [5.74, 6) is -0.742. The van der Waals surface area contributed by atoms with Gasteiger partial charge >= 0.3 is 0 Å². The van der Waals surface area contributed by atoms with Crippen LogP contribution in [0.15, 0.2) is 17.3 Å². The number of anilines is 1. The van der Waals surface area contributed by atoms with Crippen LogP contribution in [0.1, 0.15) is 0 Å². The Morgan fingerprint density at radius 3 is 1.56 bits per heavy atom. The van der Waals surface area contributed by atoms with Crippen LogP contribution in [0.3, 0.4) is 0 Å². The van der Waals surface area contributed by atoms with Crippen LogP contribution in [-0.2, 0) is 18.9 Å². The van der Waals surface area contributed by atoms with Crippen molar-refractivity contribution in [2.75, 3.05) is 70.8 Å². The lowest BCUT2D eigenvalue weighted by molar-refractivity contribution is 0.00206. The second-order valence-electron chi connectivity index (χ2n) is 5.36. The summed E-state index contributed by atoms with van der Waals surface area (Å²) in [6.45, 7) is 4.87. The predicted molar refractivity (Wildman–Crippen MR) is 90.7 cm³/mol. The molecule has 0 aliphatic carbocycles. The molecule has 140 valence electrons. The molecule has 2 rings (SSSR count). The van der Waals surface area contributed by atoms with Gasteiger partial charge in [-0.1, -0.05) is 0 Å². The molecule has 2 N–H and O–H groups in total. The number of ether oxygens (including phenoxy) is 4. The van der Waals surface area contributed by atoms with Crippen molar-refractivity contribution in [2.24, 2.45) is 5.18 Å². The molecule has 0 unspecified atom stereocenters. The third kappa shape index (κ3) is 6.46. The standard InChI is InChI=1S/C16H24N2O7/c19-14-11-13(12-15(20)16(14)17-21)18-1-3-22-5-7-24-9-10-25-8-6-23-4-2-18/h11-12,19-20H,1-10H2. The van der Waals surface area contributed by atoms with Crippen LogP contribution in [0.5, 0.6) is 11.5 Å². The Labute approximate surface area is 146 Å². The average Bonchev–Trinajstić information content (AvgIpc) is 2.60. The number of phenolic OH excluding ortho intramolecular Hbond substituents is 2. The number of rotatable bonds is 2. The SMILES string of the molecule is O=Nc1c(O)cc(N2CCOCCOCCOCCOCC2)cc1O. The van der Waals surface area contributed by atoms with Crippen LogP contribution in [0.25, 0.3) is 0 Å². The van der Waals surface area contributed by atoms with E-state index >= 15 is 0 Å². The highest BCUT2D eigenvalue weighted by atomic mass is 16.6. The average molecular weight is 356 g/mol. The molecule has 1 aliphatic rings. The Hall–Kier alpha value is -1.94. The monoisotopic (exact) mass is 356 g/mol. The fraction of sp³-hybridized carbons (Fsp3) is 0.625. The zero-order valence-corrected chi connectivity index (χ0v) is 14.1. The van der Waals surface area contributed by atoms with E-state index in [2.05, 4.69) is 5.18 Å². The fourth-order valence-electron chi connectivity index (χ4n) is 2.35. The number of benzene rings is 1. The number of hydrogen-bond acceptors (Lipinski definition) is 9. The number of phenols is 2. The predicted octanol–water partition coefficient (Wildman–Crippen LogP) is 1.38. The van der Waals surface area contributed by atoms with E-state index in [0.717, 1.165) is 0 Å². The lowest BCUT2D eigenvalue weighted by Gasteiger charge is -2.25. The summed E-state index contributed by atoms with van der Waals surface area (Å²) in [7, 11) is 0. The molecule has 25 heavy (non-hydrogen) atoms. The molecule has 1 fully saturated rings. The van der Waals surface area contributed by atoms with Crippen molar-refractivity contribution < 1.29 is 29.2 Å². The molecule has 9 nitrogen and oxygen atoms in total. The van der Waals surface area contributed by atoms with Crippen LogP contribution < -0.4 is 4.90 Å². The highest BCUT2D eigenvalue weighted by molar-refractivity contribution is 5.69. The molecule has 0 atom stereocenters. The smallest absolute Gasteiger partial charge is 0.191 e. The molecular formula is C16H24N2O7. The van der Waals surface area contributed by atoms with Gasteiger partial charge in [-0.15, -0.1) is 4.91 Å². The summed E-state index contributed by atoms with van der Waals surface area (Å²) in [5, 5.41) is 22.3. The first-order valence-electron chi connectivity index (χ1n) is 8.17. The lowest BCUT2D eigenvalue weighted by atomic mass is 10.2. The summed E-state index contributed by atoms with van der Waals surface area (Å²) < 4.78 is 21.8. The topological polar surface area (TPSA) is 110 Å². The van der Waals surface area contributed by atoms with E-state index in [-0.39, 0.29) is 17.2 Å². The molecule has 0 aromatic heterocycles. The van der Waals surface area contributed by atoms with Gasteiger partial charge in [0.1, 0.15) is 0 Å². The second kappa shape index (κ2) is 10.8. The molecule has 0 bridgehead atoms. The first-order chi connectivity index (χ1) is 12.2. The number of aromatic hydroxyl groups is 2. The minimum atomic E-state index is -0.371. The van der Waals surface area contributed by atoms with Gasteiger partial charge in [-0.05, 0) is 5.18 Å². The van der Waals surface area contributed by atoms with Crippen LogP contribution in [0.4, 0.5) is 11.4 Å². The van der Waals surface area contributed by atoms with Crippen molar-refractivity contribution in [1.82, 2.24) is 0 Å². The molecule has 1 saturated heterocycles. The van der Waals surface area contributed by atoms with Gasteiger partial charge in [0.05, 0.1) is 52.9 Å². The number of nitrogens with zero attached hydrogens (tertiary/aromatic N) is 2. The van der Waals surface area contributed by atoms with Crippen molar-refractivity contribution in [1.29, 1.82) is 0 Å². The van der Waals surface area contributed by atoms with Gasteiger partial charge in [0.15, 0.2) is 17.2 Å². The summed E-state index contributed by atoms with van der Waals surface area (Å²) >= 11 is 0. The summed E-state index contributed by atoms with van der Waals surface area (Å²) in [4.78, 5) is 12.5. The van der Waals surface area contributed by atoms with Gasteiger partial charge in [-0.25, -0.2) is 0 Å². The second-order valence-corrected chi connectivity index (χ2v) is 5.36. The van der Waals surface area contributed by atoms with Crippen LogP contribution in [-0.4, -0.2) is 76.2 Å². The summed E-state index contributed by atoms with van der Waals surface area (Å²) in [6, 6.07) is 2.77. The largest absolute Gasteiger partial charge is 0.505 e. The highest BCUT2D eigenvalue weighted by Gasteiger charge is 2.15. The molecule has 1 aliphatic heterocycles. The normalized spacial score (nSPS) is 19.0. The van der Waals surface area contributed by atoms with E-state index in [1.165, 1.54) is 12.1 Å². The minimum Gasteiger partial charge on any atom is -0.505 e. The maximum Gasteiger partial charge on any atom is 0.191 e. The molecule has 0 saturated carbocycles. The molecule has 9 heteroatoms. The summed E-state index contributed by atoms with van der Waals surface area (Å²) in [5.41, 5.74) is 0.176. The Morgan fingerprint density at radius 2 is 1.16 bits per heavy atom. The molecular weight excluding hydrogens is 332 g/mol. The van der Waals surface area contributed by atoms with Crippen molar-refractivity contribution in [3.05, 3.63) is 17.0 Å². The first-order valence-corrected chi connectivity index (χ1v) is 8.17. The van der Waals surface area contributed by atoms with Gasteiger partial charge in [0, 0.05) is 30.9 Å². The van der Waals surface area contributed by atoms with Gasteiger partial charge in [0.25, 0.3) is 0 Å². The van der Waals surface area contributed by atoms with E-state index in [4.69, 9.17) is 18.9 Å². The first kappa shape index (κ1) is 19.4. The Kier molecular flexibility index (Phi) is 8.40. The Balaban J connectivity index is 2.02. The van der Waals surface area contributed by atoms with Crippen molar-refractivity contribution >= 4 is 11.4 Å². The molecule has 1 aromatic rings. The maximum atomic E-state index is 10.6. The third-order valence-electron chi connectivity index (χ3n) is 3.64. The van der Waals surface area contributed by atoms with Gasteiger partial charge < -0.3 is 34.1 Å². The van der Waals surface area contributed by atoms with Crippen molar-refractivity contribution in [3.8, 4) is 11.5 Å². The van der Waals surface area contributed by atoms with Gasteiger partial charge in [-0.3, -0.25) is 0 Å². The molecule has 0 radical (unpaired) electrons. The van der Waals surface area contributed by atoms with Crippen LogP contribution >= 0.6 is 0 Å². The Bertz CT molecular complexity index is 502. The third-order valence-corrected chi connectivity index (χ3v) is 3.64. The van der Waals surface area contributed by atoms with E-state index < -0.39 is 0 Å². The van der Waals surface area contributed by atoms with Gasteiger partial charge in [0.2, 0.25) is 0 Å². The van der Waals surface area contributed by atoms with E-state index in [9.17, 15) is 15.1 Å². The van der Waals surface area contributed by atoms with E-state index in [0.29, 0.717) is 71.6 Å². The van der Waals surface area contributed by atoms with E-state index in [1.54, 1.807) is 0 Å². The molecule has 1 aromatic carbocycles. The quantitative estimate of drug-likeness (QED) is 0.765.